The number of hydrogen-bond acceptors (Lipinski definition) is 2. The molecule has 3 N–H and O–H groups in total. The van der Waals surface area contributed by atoms with E-state index in [1.165, 1.54) is 134 Å². The predicted molar refractivity (Wildman–Crippen MR) is 158 cm³/mol. The summed E-state index contributed by atoms with van der Waals surface area (Å²) in [6.07, 6.45) is 30.8. The second kappa shape index (κ2) is 23.2. The van der Waals surface area contributed by atoms with Gasteiger partial charge in [-0.05, 0) is 35.5 Å². The summed E-state index contributed by atoms with van der Waals surface area (Å²) in [5.41, 5.74) is 2.15. The highest BCUT2D eigenvalue weighted by Crippen LogP contribution is 2.26. The van der Waals surface area contributed by atoms with E-state index in [0.717, 1.165) is 31.2 Å². The smallest absolute Gasteiger partial charge is 0.158 e. The van der Waals surface area contributed by atoms with E-state index in [-0.39, 0.29) is 0 Å². The molecular weight excluding hydrogens is 478 g/mol. The molecule has 0 aliphatic rings. The van der Waals surface area contributed by atoms with Gasteiger partial charge >= 0.3 is 10.5 Å². The molecule has 0 bridgehead atoms. The molecule has 1 unspecified atom stereocenters. The van der Waals surface area contributed by atoms with Gasteiger partial charge < -0.3 is 0 Å². The first kappa shape index (κ1) is 34.3. The molecule has 0 aliphatic carbocycles. The molecule has 37 heavy (non-hydrogen) atoms. The second-order valence-corrected chi connectivity index (χ2v) is 12.7. The van der Waals surface area contributed by atoms with Gasteiger partial charge in [-0.2, -0.15) is 5.90 Å². The van der Waals surface area contributed by atoms with Crippen LogP contribution in [0.3, 0.4) is 0 Å². The fraction of sp³-hybridized carbons (Fsp3) is 0.812. The summed E-state index contributed by atoms with van der Waals surface area (Å²) in [6.45, 7) is 4.54. The normalized spacial score (nSPS) is 13.2. The fourth-order valence-corrected chi connectivity index (χ4v) is 6.11. The van der Waals surface area contributed by atoms with Crippen molar-refractivity contribution in [2.45, 2.75) is 173 Å². The van der Waals surface area contributed by atoms with E-state index in [1.54, 1.807) is 6.07 Å². The highest BCUT2D eigenvalue weighted by atomic mass is 32.3. The lowest BCUT2D eigenvalue weighted by molar-refractivity contribution is -0.637. The summed E-state index contributed by atoms with van der Waals surface area (Å²) in [4.78, 5) is 0.303. The maximum absolute atomic E-state index is 12.4. The first-order valence-corrected chi connectivity index (χ1v) is 17.3. The van der Waals surface area contributed by atoms with Crippen LogP contribution < -0.4 is 5.90 Å². The van der Waals surface area contributed by atoms with Crippen LogP contribution in [0.4, 0.5) is 0 Å². The largest absolute Gasteiger partial charge is 0.482 e. The minimum Gasteiger partial charge on any atom is -0.158 e. The first-order chi connectivity index (χ1) is 18.0. The lowest BCUT2D eigenvalue weighted by Crippen LogP contribution is -2.52. The Balaban J connectivity index is 2.32. The molecule has 0 spiro atoms. The van der Waals surface area contributed by atoms with E-state index >= 15 is 0 Å². The zero-order valence-corrected chi connectivity index (χ0v) is 25.4. The van der Waals surface area contributed by atoms with Crippen LogP contribution >= 0.6 is 0 Å². The molecule has 0 aromatic heterocycles. The topological polar surface area (TPSA) is 73.8 Å². The van der Waals surface area contributed by atoms with Crippen molar-refractivity contribution >= 4 is 10.5 Å². The van der Waals surface area contributed by atoms with Gasteiger partial charge in [-0.15, -0.1) is 0 Å². The molecule has 0 amide bonds. The zero-order chi connectivity index (χ0) is 27.0. The molecule has 5 heteroatoms. The van der Waals surface area contributed by atoms with Crippen LogP contribution in [-0.4, -0.2) is 0 Å². The van der Waals surface area contributed by atoms with Gasteiger partial charge in [0.2, 0.25) is 4.90 Å². The minimum atomic E-state index is -3.77. The highest BCUT2D eigenvalue weighted by Gasteiger charge is 2.39. The highest BCUT2D eigenvalue weighted by molar-refractivity contribution is 7.92. The molecule has 1 atom stereocenters. The molecule has 215 valence electrons. The van der Waals surface area contributed by atoms with Gasteiger partial charge in [-0.1, -0.05) is 154 Å². The Morgan fingerprint density at radius 1 is 0.595 bits per heavy atom. The SMILES string of the molecule is CCCCCCCCCCCCCc1ccc([S+]([O])(=O)O[NH3+])c(CCCCCCCCCCCCC)c1. The third-order valence-corrected chi connectivity index (χ3v) is 8.92. The van der Waals surface area contributed by atoms with Gasteiger partial charge in [0, 0.05) is 11.6 Å². The Labute approximate surface area is 231 Å². The van der Waals surface area contributed by atoms with Gasteiger partial charge in [0.1, 0.15) is 0 Å². The lowest BCUT2D eigenvalue weighted by Gasteiger charge is -2.09. The average molecular weight is 539 g/mol. The van der Waals surface area contributed by atoms with Crippen molar-refractivity contribution in [3.05, 3.63) is 29.3 Å². The van der Waals surface area contributed by atoms with Gasteiger partial charge in [0.15, 0.2) is 0 Å². The summed E-state index contributed by atoms with van der Waals surface area (Å²) in [6, 6.07) is 5.81. The molecule has 1 radical (unpaired) electrons. The van der Waals surface area contributed by atoms with E-state index < -0.39 is 10.5 Å². The molecule has 1 aromatic carbocycles. The third-order valence-electron chi connectivity index (χ3n) is 7.67. The zero-order valence-electron chi connectivity index (χ0n) is 24.5. The predicted octanol–water partition coefficient (Wildman–Crippen LogP) is 9.69. The minimum absolute atomic E-state index is 0.303. The van der Waals surface area contributed by atoms with Crippen LogP contribution in [0.5, 0.6) is 0 Å². The van der Waals surface area contributed by atoms with Crippen molar-refractivity contribution in [3.63, 3.8) is 0 Å². The van der Waals surface area contributed by atoms with Gasteiger partial charge in [0.05, 0.1) is 8.84 Å². The van der Waals surface area contributed by atoms with E-state index in [4.69, 9.17) is 0 Å². The van der Waals surface area contributed by atoms with Crippen molar-refractivity contribution < 1.29 is 18.9 Å². The van der Waals surface area contributed by atoms with E-state index in [0.29, 0.717) is 4.90 Å². The number of benzene rings is 1. The van der Waals surface area contributed by atoms with Crippen LogP contribution in [0.25, 0.3) is 0 Å². The summed E-state index contributed by atoms with van der Waals surface area (Å²) >= 11 is 0. The molecule has 0 aliphatic heterocycles. The van der Waals surface area contributed by atoms with E-state index in [9.17, 15) is 8.76 Å². The number of unbranched alkanes of at least 4 members (excludes halogenated alkanes) is 20. The van der Waals surface area contributed by atoms with Crippen LogP contribution in [-0.2, 0) is 36.4 Å². The van der Waals surface area contributed by atoms with Gasteiger partial charge in [-0.3, -0.25) is 0 Å². The summed E-state index contributed by atoms with van der Waals surface area (Å²) < 4.78 is 29.4. The van der Waals surface area contributed by atoms with Gasteiger partial charge in [0.25, 0.3) is 0 Å². The van der Waals surface area contributed by atoms with Gasteiger partial charge in [-0.25, -0.2) is 0 Å². The van der Waals surface area contributed by atoms with Crippen molar-refractivity contribution in [2.75, 3.05) is 0 Å². The van der Waals surface area contributed by atoms with Crippen molar-refractivity contribution in [1.29, 1.82) is 0 Å². The third kappa shape index (κ3) is 17.5. The summed E-state index contributed by atoms with van der Waals surface area (Å²) in [5, 5.41) is 0. The molecule has 0 saturated carbocycles. The molecular formula is C32H60NO3S+2. The van der Waals surface area contributed by atoms with Crippen LogP contribution in [0, 0.1) is 0 Å². The summed E-state index contributed by atoms with van der Waals surface area (Å²) in [7, 11) is -3.77. The molecule has 1 aromatic rings. The monoisotopic (exact) mass is 538 g/mol. The Morgan fingerprint density at radius 3 is 1.38 bits per heavy atom. The molecule has 0 fully saturated rings. The molecule has 1 rings (SSSR count). The number of rotatable bonds is 26. The Kier molecular flexibility index (Phi) is 21.5. The Bertz CT molecular complexity index is 709. The van der Waals surface area contributed by atoms with E-state index in [1.807, 2.05) is 6.07 Å². The second-order valence-electron chi connectivity index (χ2n) is 11.1. The molecule has 0 heterocycles. The van der Waals surface area contributed by atoms with Crippen molar-refractivity contribution in [1.82, 2.24) is 0 Å². The number of quaternary nitrogens is 1. The van der Waals surface area contributed by atoms with Crippen molar-refractivity contribution in [3.8, 4) is 0 Å². The number of hydrogen-bond donors (Lipinski definition) is 1. The standard InChI is InChI=1S/C32H60NO3S/c1-3-5-7-9-11-13-15-17-19-21-23-25-30-27-28-32(37(34,35)36-33)31(29-30)26-24-22-20-18-16-14-12-10-8-6-4-2/h27-29H,3-26H2,1-2,33H3/q+2. The molecule has 4 nitrogen and oxygen atoms in total. The summed E-state index contributed by atoms with van der Waals surface area (Å²) in [5.74, 6) is 3.18. The molecule has 0 saturated heterocycles. The lowest BCUT2D eigenvalue weighted by atomic mass is 9.99. The van der Waals surface area contributed by atoms with Crippen LogP contribution in [0.15, 0.2) is 23.1 Å². The average Bonchev–Trinajstić information content (AvgIpc) is 2.90. The Morgan fingerprint density at radius 2 is 0.973 bits per heavy atom. The fourth-order valence-electron chi connectivity index (χ4n) is 5.26. The van der Waals surface area contributed by atoms with Crippen LogP contribution in [0.2, 0.25) is 0 Å². The maximum atomic E-state index is 12.4. The van der Waals surface area contributed by atoms with Crippen LogP contribution in [0.1, 0.15) is 166 Å². The maximum Gasteiger partial charge on any atom is 0.482 e. The quantitative estimate of drug-likeness (QED) is 0.0724. The van der Waals surface area contributed by atoms with E-state index in [2.05, 4.69) is 30.1 Å². The Hall–Kier alpha value is -0.750. The number of aryl methyl sites for hydroxylation is 2. The van der Waals surface area contributed by atoms with Crippen molar-refractivity contribution in [2.24, 2.45) is 0 Å². The first-order valence-electron chi connectivity index (χ1n) is 15.9.